The molecule has 1 rings (SSSR count). The first-order chi connectivity index (χ1) is 8.17. The first-order valence-electron chi connectivity index (χ1n) is 6.54. The summed E-state index contributed by atoms with van der Waals surface area (Å²) in [6.45, 7) is 7.25. The Morgan fingerprint density at radius 2 is 1.82 bits per heavy atom. The van der Waals surface area contributed by atoms with Gasteiger partial charge in [0.05, 0.1) is 7.11 Å². The van der Waals surface area contributed by atoms with E-state index in [1.165, 1.54) is 11.1 Å². The molecule has 2 N–H and O–H groups in total. The number of benzene rings is 1. The van der Waals surface area contributed by atoms with Crippen molar-refractivity contribution >= 4 is 0 Å². The first kappa shape index (κ1) is 14.0. The average molecular weight is 235 g/mol. The van der Waals surface area contributed by atoms with Crippen LogP contribution in [0.5, 0.6) is 5.75 Å². The van der Waals surface area contributed by atoms with Gasteiger partial charge in [-0.2, -0.15) is 0 Å². The lowest BCUT2D eigenvalue weighted by molar-refractivity contribution is 0.360. The van der Waals surface area contributed by atoms with Gasteiger partial charge in [0.2, 0.25) is 0 Å². The van der Waals surface area contributed by atoms with Crippen molar-refractivity contribution in [1.29, 1.82) is 0 Å². The van der Waals surface area contributed by atoms with E-state index < -0.39 is 0 Å². The first-order valence-corrected chi connectivity index (χ1v) is 6.54. The number of aryl methyl sites for hydroxylation is 1. The van der Waals surface area contributed by atoms with Gasteiger partial charge in [-0.25, -0.2) is 0 Å². The number of methoxy groups -OCH3 is 1. The molecule has 2 nitrogen and oxygen atoms in total. The summed E-state index contributed by atoms with van der Waals surface area (Å²) in [5.41, 5.74) is 8.69. The van der Waals surface area contributed by atoms with Crippen LogP contribution >= 0.6 is 0 Å². The molecule has 0 atom stereocenters. The second kappa shape index (κ2) is 6.06. The molecule has 0 fully saturated rings. The van der Waals surface area contributed by atoms with Crippen molar-refractivity contribution in [3.05, 3.63) is 29.3 Å². The summed E-state index contributed by atoms with van der Waals surface area (Å²) in [7, 11) is 1.73. The van der Waals surface area contributed by atoms with Crippen LogP contribution in [0.4, 0.5) is 0 Å². The minimum absolute atomic E-state index is 0.0521. The van der Waals surface area contributed by atoms with E-state index >= 15 is 0 Å². The van der Waals surface area contributed by atoms with Gasteiger partial charge < -0.3 is 10.5 Å². The summed E-state index contributed by atoms with van der Waals surface area (Å²) >= 11 is 0. The third kappa shape index (κ3) is 2.63. The van der Waals surface area contributed by atoms with E-state index in [1.807, 2.05) is 0 Å². The zero-order valence-electron chi connectivity index (χ0n) is 11.5. The van der Waals surface area contributed by atoms with E-state index in [2.05, 4.69) is 39.0 Å². The molecule has 17 heavy (non-hydrogen) atoms. The van der Waals surface area contributed by atoms with E-state index in [0.717, 1.165) is 25.0 Å². The van der Waals surface area contributed by atoms with E-state index in [1.54, 1.807) is 7.11 Å². The van der Waals surface area contributed by atoms with E-state index in [0.29, 0.717) is 6.54 Å². The maximum atomic E-state index is 6.02. The Morgan fingerprint density at radius 3 is 2.24 bits per heavy atom. The van der Waals surface area contributed by atoms with Crippen LogP contribution in [0.15, 0.2) is 18.2 Å². The van der Waals surface area contributed by atoms with Crippen LogP contribution in [-0.4, -0.2) is 13.7 Å². The van der Waals surface area contributed by atoms with E-state index in [-0.39, 0.29) is 5.41 Å². The Hall–Kier alpha value is -1.02. The molecule has 1 aromatic rings. The Balaban J connectivity index is 3.33. The standard InChI is InChI=1S/C15H25NO/c1-5-12-8-9-14(17-4)13(10-12)15(6-2,7-3)11-16/h8-10H,5-7,11,16H2,1-4H3. The highest BCUT2D eigenvalue weighted by atomic mass is 16.5. The lowest BCUT2D eigenvalue weighted by Gasteiger charge is -2.32. The fourth-order valence-corrected chi connectivity index (χ4v) is 2.42. The van der Waals surface area contributed by atoms with Gasteiger partial charge in [0.1, 0.15) is 5.75 Å². The summed E-state index contributed by atoms with van der Waals surface area (Å²) < 4.78 is 5.50. The van der Waals surface area contributed by atoms with Gasteiger partial charge in [-0.1, -0.05) is 32.9 Å². The summed E-state index contributed by atoms with van der Waals surface area (Å²) in [6.07, 6.45) is 3.14. The maximum absolute atomic E-state index is 6.02. The minimum atomic E-state index is 0.0521. The number of nitrogens with two attached hydrogens (primary N) is 1. The van der Waals surface area contributed by atoms with Crippen molar-refractivity contribution < 1.29 is 4.74 Å². The molecule has 0 amide bonds. The van der Waals surface area contributed by atoms with Crippen molar-refractivity contribution in [2.24, 2.45) is 5.73 Å². The van der Waals surface area contributed by atoms with E-state index in [4.69, 9.17) is 10.5 Å². The Morgan fingerprint density at radius 1 is 1.18 bits per heavy atom. The molecule has 0 aromatic heterocycles. The summed E-state index contributed by atoms with van der Waals surface area (Å²) in [5.74, 6) is 0.969. The lowest BCUT2D eigenvalue weighted by atomic mass is 9.75. The molecule has 0 saturated heterocycles. The van der Waals surface area contributed by atoms with Gasteiger partial charge in [0, 0.05) is 17.5 Å². The molecule has 0 radical (unpaired) electrons. The van der Waals surface area contributed by atoms with Crippen molar-refractivity contribution in [1.82, 2.24) is 0 Å². The Labute approximate surface area is 105 Å². The highest BCUT2D eigenvalue weighted by Gasteiger charge is 2.30. The topological polar surface area (TPSA) is 35.2 Å². The zero-order chi connectivity index (χ0) is 12.9. The second-order valence-electron chi connectivity index (χ2n) is 4.58. The van der Waals surface area contributed by atoms with Gasteiger partial charge in [-0.05, 0) is 30.9 Å². The zero-order valence-corrected chi connectivity index (χ0v) is 11.5. The van der Waals surface area contributed by atoms with Crippen LogP contribution in [0.3, 0.4) is 0 Å². The molecule has 0 saturated carbocycles. The van der Waals surface area contributed by atoms with Crippen LogP contribution in [0.2, 0.25) is 0 Å². The van der Waals surface area contributed by atoms with Crippen molar-refractivity contribution in [3.8, 4) is 5.75 Å². The van der Waals surface area contributed by atoms with Crippen LogP contribution in [0.1, 0.15) is 44.7 Å². The predicted octanol–water partition coefficient (Wildman–Crippen LogP) is 3.27. The van der Waals surface area contributed by atoms with Crippen LogP contribution in [0, 0.1) is 0 Å². The van der Waals surface area contributed by atoms with Crippen LogP contribution < -0.4 is 10.5 Å². The molecule has 0 aliphatic heterocycles. The molecule has 0 heterocycles. The predicted molar refractivity (Wildman–Crippen MR) is 73.7 cm³/mol. The number of hydrogen-bond acceptors (Lipinski definition) is 2. The van der Waals surface area contributed by atoms with E-state index in [9.17, 15) is 0 Å². The summed E-state index contributed by atoms with van der Waals surface area (Å²) in [5, 5.41) is 0. The normalized spacial score (nSPS) is 11.6. The fourth-order valence-electron chi connectivity index (χ4n) is 2.42. The monoisotopic (exact) mass is 235 g/mol. The smallest absolute Gasteiger partial charge is 0.122 e. The number of rotatable bonds is 6. The van der Waals surface area contributed by atoms with Crippen LogP contribution in [-0.2, 0) is 11.8 Å². The third-order valence-electron chi connectivity index (χ3n) is 3.99. The van der Waals surface area contributed by atoms with Crippen molar-refractivity contribution in [3.63, 3.8) is 0 Å². The molecular weight excluding hydrogens is 210 g/mol. The highest BCUT2D eigenvalue weighted by molar-refractivity contribution is 5.43. The molecule has 0 bridgehead atoms. The van der Waals surface area contributed by atoms with Gasteiger partial charge in [-0.3, -0.25) is 0 Å². The molecule has 0 unspecified atom stereocenters. The number of ether oxygens (including phenoxy) is 1. The Bertz CT molecular complexity index is 348. The molecule has 2 heteroatoms. The quantitative estimate of drug-likeness (QED) is 0.821. The largest absolute Gasteiger partial charge is 0.496 e. The SMILES string of the molecule is CCc1ccc(OC)c(C(CC)(CC)CN)c1. The highest BCUT2D eigenvalue weighted by Crippen LogP contribution is 2.37. The molecular formula is C15H25NO. The maximum Gasteiger partial charge on any atom is 0.122 e. The van der Waals surface area contributed by atoms with Crippen molar-refractivity contribution in [2.45, 2.75) is 45.4 Å². The number of hydrogen-bond donors (Lipinski definition) is 1. The lowest BCUT2D eigenvalue weighted by Crippen LogP contribution is -2.34. The molecule has 1 aromatic carbocycles. The van der Waals surface area contributed by atoms with Crippen molar-refractivity contribution in [2.75, 3.05) is 13.7 Å². The van der Waals surface area contributed by atoms with Gasteiger partial charge in [-0.15, -0.1) is 0 Å². The third-order valence-corrected chi connectivity index (χ3v) is 3.99. The van der Waals surface area contributed by atoms with Gasteiger partial charge in [0.15, 0.2) is 0 Å². The molecule has 0 aliphatic rings. The minimum Gasteiger partial charge on any atom is -0.496 e. The van der Waals surface area contributed by atoms with Gasteiger partial charge >= 0.3 is 0 Å². The Kier molecular flexibility index (Phi) is 5.01. The second-order valence-corrected chi connectivity index (χ2v) is 4.58. The summed E-state index contributed by atoms with van der Waals surface area (Å²) in [4.78, 5) is 0. The average Bonchev–Trinajstić information content (AvgIpc) is 2.41. The molecule has 96 valence electrons. The molecule has 0 aliphatic carbocycles. The van der Waals surface area contributed by atoms with Gasteiger partial charge in [0.25, 0.3) is 0 Å². The fraction of sp³-hybridized carbons (Fsp3) is 0.600. The van der Waals surface area contributed by atoms with Crippen LogP contribution in [0.25, 0.3) is 0 Å². The summed E-state index contributed by atoms with van der Waals surface area (Å²) in [6, 6.07) is 6.47. The molecule has 0 spiro atoms.